The number of carbonyl (C=O) groups is 1. The van der Waals surface area contributed by atoms with E-state index in [9.17, 15) is 4.79 Å². The molecule has 2 heterocycles. The molecule has 0 radical (unpaired) electrons. The number of hydrogen-bond acceptors (Lipinski definition) is 5. The Kier molecular flexibility index (Phi) is 5.10. The second-order valence-electron chi connectivity index (χ2n) is 6.30. The second kappa shape index (κ2) is 7.24. The molecule has 6 heteroatoms. The van der Waals surface area contributed by atoms with Gasteiger partial charge in [0.15, 0.2) is 0 Å². The maximum absolute atomic E-state index is 12.3. The van der Waals surface area contributed by atoms with Gasteiger partial charge in [0.05, 0.1) is 12.3 Å². The maximum Gasteiger partial charge on any atom is 0.290 e. The van der Waals surface area contributed by atoms with Gasteiger partial charge in [-0.2, -0.15) is 0 Å². The minimum atomic E-state index is -0.106. The normalized spacial score (nSPS) is 21.8. The van der Waals surface area contributed by atoms with Gasteiger partial charge in [0, 0.05) is 32.3 Å². The molecule has 6 nitrogen and oxygen atoms in total. The van der Waals surface area contributed by atoms with E-state index in [1.165, 1.54) is 0 Å². The van der Waals surface area contributed by atoms with Crippen molar-refractivity contribution in [3.63, 3.8) is 0 Å². The largest absolute Gasteiger partial charge is 0.383 e. The lowest BCUT2D eigenvalue weighted by Crippen LogP contribution is -2.32. The predicted octanol–water partition coefficient (Wildman–Crippen LogP) is 1.25. The van der Waals surface area contributed by atoms with Gasteiger partial charge in [-0.1, -0.05) is 5.16 Å². The molecule has 22 heavy (non-hydrogen) atoms. The highest BCUT2D eigenvalue weighted by Crippen LogP contribution is 2.24. The Bertz CT molecular complexity index is 515. The van der Waals surface area contributed by atoms with Gasteiger partial charge in [-0.3, -0.25) is 4.79 Å². The number of methoxy groups -OCH3 is 1. The molecule has 2 aliphatic rings. The van der Waals surface area contributed by atoms with Crippen LogP contribution < -0.4 is 5.32 Å². The number of likely N-dealkylation sites (tertiary alicyclic amines) is 1. The van der Waals surface area contributed by atoms with Gasteiger partial charge in [0.2, 0.25) is 5.76 Å². The summed E-state index contributed by atoms with van der Waals surface area (Å²) in [6.07, 6.45) is 5.23. The Morgan fingerprint density at radius 2 is 2.32 bits per heavy atom. The Labute approximate surface area is 131 Å². The summed E-state index contributed by atoms with van der Waals surface area (Å²) >= 11 is 0. The lowest BCUT2D eigenvalue weighted by Gasteiger charge is -2.15. The van der Waals surface area contributed by atoms with Crippen molar-refractivity contribution in [3.05, 3.63) is 17.0 Å². The van der Waals surface area contributed by atoms with E-state index in [4.69, 9.17) is 9.26 Å². The summed E-state index contributed by atoms with van der Waals surface area (Å²) in [4.78, 5) is 14.7. The summed E-state index contributed by atoms with van der Waals surface area (Å²) in [6, 6.07) is 0. The summed E-state index contributed by atoms with van der Waals surface area (Å²) in [6.45, 7) is 4.55. The van der Waals surface area contributed by atoms with Crippen LogP contribution in [0.5, 0.6) is 0 Å². The number of nitrogens with one attached hydrogen (secondary N) is 1. The van der Waals surface area contributed by atoms with E-state index in [1.807, 2.05) is 0 Å². The van der Waals surface area contributed by atoms with Crippen LogP contribution in [0.25, 0.3) is 0 Å². The van der Waals surface area contributed by atoms with Crippen LogP contribution in [0, 0.1) is 5.92 Å². The highest BCUT2D eigenvalue weighted by Gasteiger charge is 2.26. The topological polar surface area (TPSA) is 67.6 Å². The summed E-state index contributed by atoms with van der Waals surface area (Å²) in [7, 11) is 1.73. The molecule has 1 aromatic rings. The van der Waals surface area contributed by atoms with Crippen LogP contribution >= 0.6 is 0 Å². The fourth-order valence-electron chi connectivity index (χ4n) is 3.39. The predicted molar refractivity (Wildman–Crippen MR) is 81.9 cm³/mol. The molecule has 1 unspecified atom stereocenters. The fraction of sp³-hybridized carbons (Fsp3) is 0.750. The molecule has 0 aromatic carbocycles. The van der Waals surface area contributed by atoms with Crippen molar-refractivity contribution in [2.24, 2.45) is 5.92 Å². The Morgan fingerprint density at radius 1 is 1.45 bits per heavy atom. The number of aromatic nitrogens is 1. The lowest BCUT2D eigenvalue weighted by molar-refractivity contribution is 0.0908. The number of nitrogens with zero attached hydrogens (tertiary/aromatic N) is 2. The van der Waals surface area contributed by atoms with Crippen LogP contribution in [0.3, 0.4) is 0 Å². The minimum absolute atomic E-state index is 0.106. The van der Waals surface area contributed by atoms with Gasteiger partial charge in [0.25, 0.3) is 5.91 Å². The molecule has 1 saturated heterocycles. The van der Waals surface area contributed by atoms with Crippen LogP contribution in [-0.4, -0.2) is 55.9 Å². The van der Waals surface area contributed by atoms with E-state index >= 15 is 0 Å². The van der Waals surface area contributed by atoms with Crippen molar-refractivity contribution in [2.75, 3.05) is 39.9 Å². The molecule has 1 amide bonds. The quantitative estimate of drug-likeness (QED) is 0.857. The molecule has 1 fully saturated rings. The van der Waals surface area contributed by atoms with Crippen molar-refractivity contribution >= 4 is 5.91 Å². The number of fused-ring (bicyclic) bond motifs is 1. The molecule has 0 saturated carbocycles. The van der Waals surface area contributed by atoms with Gasteiger partial charge in [-0.05, 0) is 44.6 Å². The van der Waals surface area contributed by atoms with E-state index < -0.39 is 0 Å². The first kappa shape index (κ1) is 15.5. The Morgan fingerprint density at radius 3 is 3.18 bits per heavy atom. The molecule has 3 rings (SSSR count). The summed E-state index contributed by atoms with van der Waals surface area (Å²) in [5.74, 6) is 0.842. The van der Waals surface area contributed by atoms with Crippen LogP contribution in [0.15, 0.2) is 4.52 Å². The van der Waals surface area contributed by atoms with E-state index in [2.05, 4.69) is 15.4 Å². The minimum Gasteiger partial charge on any atom is -0.383 e. The van der Waals surface area contributed by atoms with Crippen molar-refractivity contribution in [1.82, 2.24) is 15.4 Å². The zero-order chi connectivity index (χ0) is 15.4. The van der Waals surface area contributed by atoms with Gasteiger partial charge in [-0.25, -0.2) is 0 Å². The fourth-order valence-corrected chi connectivity index (χ4v) is 3.39. The molecule has 1 aromatic heterocycles. The van der Waals surface area contributed by atoms with Gasteiger partial charge in [0.1, 0.15) is 0 Å². The third-order valence-corrected chi connectivity index (χ3v) is 4.70. The average molecular weight is 307 g/mol. The van der Waals surface area contributed by atoms with Crippen LogP contribution in [0.4, 0.5) is 0 Å². The summed E-state index contributed by atoms with van der Waals surface area (Å²) in [5, 5.41) is 7.07. The van der Waals surface area contributed by atoms with E-state index in [-0.39, 0.29) is 5.91 Å². The molecule has 1 aliphatic carbocycles. The van der Waals surface area contributed by atoms with Crippen molar-refractivity contribution in [3.8, 4) is 0 Å². The summed E-state index contributed by atoms with van der Waals surface area (Å²) < 4.78 is 10.4. The maximum atomic E-state index is 12.3. The smallest absolute Gasteiger partial charge is 0.290 e. The SMILES string of the molecule is COCCN1CCC(CNC(=O)c2onc3c2CCCC3)C1. The zero-order valence-corrected chi connectivity index (χ0v) is 13.3. The van der Waals surface area contributed by atoms with Gasteiger partial charge in [-0.15, -0.1) is 0 Å². The molecule has 1 aliphatic heterocycles. The number of carbonyl (C=O) groups excluding carboxylic acids is 1. The van der Waals surface area contributed by atoms with Crippen LogP contribution in [0.2, 0.25) is 0 Å². The number of rotatable bonds is 6. The van der Waals surface area contributed by atoms with Gasteiger partial charge >= 0.3 is 0 Å². The Balaban J connectivity index is 1.48. The van der Waals surface area contributed by atoms with Crippen molar-refractivity contribution in [1.29, 1.82) is 0 Å². The Hall–Kier alpha value is -1.40. The highest BCUT2D eigenvalue weighted by atomic mass is 16.5. The second-order valence-corrected chi connectivity index (χ2v) is 6.30. The number of aryl methyl sites for hydroxylation is 1. The van der Waals surface area contributed by atoms with E-state index in [0.717, 1.165) is 69.6 Å². The van der Waals surface area contributed by atoms with Crippen molar-refractivity contribution in [2.45, 2.75) is 32.1 Å². The molecule has 0 bridgehead atoms. The lowest BCUT2D eigenvalue weighted by atomic mass is 9.96. The number of amides is 1. The van der Waals surface area contributed by atoms with E-state index in [0.29, 0.717) is 18.2 Å². The van der Waals surface area contributed by atoms with Crippen LogP contribution in [-0.2, 0) is 17.6 Å². The first-order valence-corrected chi connectivity index (χ1v) is 8.25. The molecular weight excluding hydrogens is 282 g/mol. The number of hydrogen-bond donors (Lipinski definition) is 1. The van der Waals surface area contributed by atoms with Crippen molar-refractivity contribution < 1.29 is 14.1 Å². The average Bonchev–Trinajstić information content (AvgIpc) is 3.17. The van der Waals surface area contributed by atoms with Gasteiger partial charge < -0.3 is 19.5 Å². The van der Waals surface area contributed by atoms with E-state index in [1.54, 1.807) is 7.11 Å². The molecule has 122 valence electrons. The monoisotopic (exact) mass is 307 g/mol. The molecular formula is C16H25N3O3. The summed E-state index contributed by atoms with van der Waals surface area (Å²) in [5.41, 5.74) is 2.00. The number of ether oxygens (including phenoxy) is 1. The third kappa shape index (κ3) is 3.50. The molecule has 1 atom stereocenters. The molecule has 1 N–H and O–H groups in total. The zero-order valence-electron chi connectivity index (χ0n) is 13.3. The third-order valence-electron chi connectivity index (χ3n) is 4.70. The first-order chi connectivity index (χ1) is 10.8. The highest BCUT2D eigenvalue weighted by molar-refractivity contribution is 5.93. The standard InChI is InChI=1S/C16H25N3O3/c1-21-9-8-19-7-6-12(11-19)10-17-16(20)15-13-4-2-3-5-14(13)18-22-15/h12H,2-11H2,1H3,(H,17,20). The first-order valence-electron chi connectivity index (χ1n) is 8.25. The van der Waals surface area contributed by atoms with Crippen LogP contribution in [0.1, 0.15) is 41.1 Å². The molecule has 0 spiro atoms.